The zero-order chi connectivity index (χ0) is 63.5. The third kappa shape index (κ3) is 14.7. The average Bonchev–Trinajstić information content (AvgIpc) is 1.37. The van der Waals surface area contributed by atoms with Crippen LogP contribution in [0.4, 0.5) is 0 Å². The number of hydrogen-bond donors (Lipinski definition) is 0. The van der Waals surface area contributed by atoms with Crippen molar-refractivity contribution in [2.24, 2.45) is 35.2 Å². The highest BCUT2D eigenvalue weighted by Crippen LogP contribution is 2.29. The second-order valence-electron chi connectivity index (χ2n) is 21.6. The van der Waals surface area contributed by atoms with Crippen LogP contribution < -0.4 is 22.8 Å². The Morgan fingerprint density at radius 3 is 1.06 bits per heavy atom. The Morgan fingerprint density at radius 1 is 0.263 bits per heavy atom. The predicted molar refractivity (Wildman–Crippen MR) is 336 cm³/mol. The molecule has 0 aliphatic carbocycles. The topological polar surface area (TPSA) is 19.4 Å². The molecule has 80 heavy (non-hydrogen) atoms. The van der Waals surface area contributed by atoms with E-state index in [2.05, 4.69) is 224 Å². The highest BCUT2D eigenvalue weighted by molar-refractivity contribution is 5.69. The van der Waals surface area contributed by atoms with Gasteiger partial charge in [-0.2, -0.15) is 0 Å². The monoisotopic (exact) mass is 1070 g/mol. The molecule has 0 spiro atoms. The van der Waals surface area contributed by atoms with Gasteiger partial charge in [0.15, 0.2) is 31.0 Å². The minimum atomic E-state index is -2.07. The van der Waals surface area contributed by atoms with Crippen molar-refractivity contribution in [3.63, 3.8) is 0 Å². The Labute approximate surface area is 490 Å². The number of pyridine rings is 5. The molecule has 0 bridgehead atoms. The lowest BCUT2D eigenvalue weighted by molar-refractivity contribution is -0.660. The van der Waals surface area contributed by atoms with Crippen LogP contribution in [0.25, 0.3) is 56.3 Å². The smallest absolute Gasteiger partial charge is 0.201 e. The SMILES string of the molecule is Cc1ccc(-c2c(C)ccc[n+]2C)c(C)c1.Cc1ccc(C)c(-c2cccc[n+]2C)c1C.Cc1cccc(-c2c(C)ccc[n+]2C)c1C.[2H]C([2H])([2H])c1ccc(-c2c(C)ccc[n+]2C)c(C)c1.[2H]C([2H])([2H])c1cccc(-c2c(C)ccc[n+]2C)c1C. The maximum absolute atomic E-state index is 7.61. The van der Waals surface area contributed by atoms with Gasteiger partial charge in [-0.1, -0.05) is 71.8 Å². The maximum Gasteiger partial charge on any atom is 0.215 e. The van der Waals surface area contributed by atoms with Crippen LogP contribution in [0.15, 0.2) is 183 Å². The van der Waals surface area contributed by atoms with Gasteiger partial charge in [-0.25, -0.2) is 22.8 Å². The quantitative estimate of drug-likeness (QED) is 0.153. The summed E-state index contributed by atoms with van der Waals surface area (Å²) in [6.07, 6.45) is 10.3. The molecule has 0 saturated heterocycles. The Morgan fingerprint density at radius 2 is 0.637 bits per heavy atom. The molecule has 0 unspecified atom stereocenters. The molecule has 10 rings (SSSR count). The summed E-state index contributed by atoms with van der Waals surface area (Å²) >= 11 is 0. The maximum atomic E-state index is 7.61. The Hall–Kier alpha value is -8.15. The molecule has 5 nitrogen and oxygen atoms in total. The van der Waals surface area contributed by atoms with Gasteiger partial charge < -0.3 is 0 Å². The van der Waals surface area contributed by atoms with Gasteiger partial charge in [0.2, 0.25) is 28.5 Å². The zero-order valence-electron chi connectivity index (χ0n) is 57.1. The first-order valence-corrected chi connectivity index (χ1v) is 27.6. The van der Waals surface area contributed by atoms with Gasteiger partial charge in [-0.05, 0) is 208 Å². The molecule has 0 N–H and O–H groups in total. The van der Waals surface area contributed by atoms with Crippen LogP contribution in [0.1, 0.15) is 91.7 Å². The lowest BCUT2D eigenvalue weighted by Crippen LogP contribution is -2.31. The van der Waals surface area contributed by atoms with E-state index < -0.39 is 13.7 Å². The molecule has 0 aliphatic rings. The van der Waals surface area contributed by atoms with Crippen LogP contribution in [-0.4, -0.2) is 0 Å². The van der Waals surface area contributed by atoms with Crippen LogP contribution in [0.2, 0.25) is 0 Å². The number of nitrogens with zero attached hydrogens (tertiary/aromatic N) is 5. The molecular formula is C75H90N5+5. The van der Waals surface area contributed by atoms with E-state index in [1.54, 1.807) is 18.2 Å². The number of aromatic nitrogens is 5. The summed E-state index contributed by atoms with van der Waals surface area (Å²) in [5.74, 6) is 0. The molecule has 0 atom stereocenters. The van der Waals surface area contributed by atoms with Gasteiger partial charge in [0.1, 0.15) is 35.2 Å². The Kier molecular flexibility index (Phi) is 18.1. The van der Waals surface area contributed by atoms with Crippen molar-refractivity contribution >= 4 is 0 Å². The van der Waals surface area contributed by atoms with E-state index in [0.717, 1.165) is 39.2 Å². The van der Waals surface area contributed by atoms with Crippen LogP contribution in [0, 0.1) is 104 Å². The molecule has 5 aromatic carbocycles. The standard InChI is InChI=1S/5C15H18N/c2*1-11-7-5-9-14(13(11)3)15-12(2)8-6-10-16(15)4;2*1-11-7-8-14(13(3)10-11)15-12(2)6-5-9-16(15)4;1-11-8-9-12(2)15(13(11)3)14-7-5-6-10-16(14)4/h5*5-10H,1-4H3/q5*+1/i1D3;;1D3;;. The van der Waals surface area contributed by atoms with Crippen molar-refractivity contribution in [3.05, 3.63) is 266 Å². The van der Waals surface area contributed by atoms with E-state index >= 15 is 0 Å². The summed E-state index contributed by atoms with van der Waals surface area (Å²) < 4.78 is 55.8. The van der Waals surface area contributed by atoms with Crippen molar-refractivity contribution in [1.82, 2.24) is 0 Å². The summed E-state index contributed by atoms with van der Waals surface area (Å²) in [6.45, 7) is 23.4. The summed E-state index contributed by atoms with van der Waals surface area (Å²) in [5, 5.41) is 0. The first-order valence-electron chi connectivity index (χ1n) is 30.6. The summed E-state index contributed by atoms with van der Waals surface area (Å²) in [7, 11) is 10.3. The lowest BCUT2D eigenvalue weighted by atomic mass is 9.95. The van der Waals surface area contributed by atoms with E-state index in [0.29, 0.717) is 11.1 Å². The molecule has 0 fully saturated rings. The zero-order valence-corrected chi connectivity index (χ0v) is 51.1. The van der Waals surface area contributed by atoms with E-state index in [-0.39, 0.29) is 0 Å². The second-order valence-corrected chi connectivity index (χ2v) is 21.6. The van der Waals surface area contributed by atoms with Crippen molar-refractivity contribution in [2.45, 2.75) is 104 Å². The van der Waals surface area contributed by atoms with Gasteiger partial charge in [-0.15, -0.1) is 0 Å². The molecule has 5 heteroatoms. The molecule has 0 amide bonds. The third-order valence-electron chi connectivity index (χ3n) is 15.4. The number of benzene rings is 5. The van der Waals surface area contributed by atoms with E-state index in [4.69, 9.17) is 8.22 Å². The first-order chi connectivity index (χ1) is 40.4. The van der Waals surface area contributed by atoms with Gasteiger partial charge in [0, 0.05) is 89.1 Å². The fraction of sp³-hybridized carbons (Fsp3) is 0.267. The van der Waals surface area contributed by atoms with Crippen LogP contribution in [-0.2, 0) is 35.2 Å². The molecule has 5 aromatic heterocycles. The Bertz CT molecular complexity index is 3940. The highest BCUT2D eigenvalue weighted by atomic mass is 14.9. The van der Waals surface area contributed by atoms with Gasteiger partial charge in [0.05, 0.1) is 5.56 Å². The average molecular weight is 1070 g/mol. The number of rotatable bonds is 5. The normalized spacial score (nSPS) is 11.9. The van der Waals surface area contributed by atoms with E-state index in [9.17, 15) is 0 Å². The van der Waals surface area contributed by atoms with Crippen molar-refractivity contribution in [3.8, 4) is 56.3 Å². The molecule has 5 heterocycles. The van der Waals surface area contributed by atoms with E-state index in [1.165, 1.54) is 89.4 Å². The fourth-order valence-electron chi connectivity index (χ4n) is 10.6. The van der Waals surface area contributed by atoms with E-state index in [1.807, 2.05) is 88.2 Å². The van der Waals surface area contributed by atoms with Crippen molar-refractivity contribution in [2.75, 3.05) is 0 Å². The molecule has 410 valence electrons. The summed E-state index contributed by atoms with van der Waals surface area (Å²) in [4.78, 5) is 0. The first kappa shape index (κ1) is 52.5. The molecule has 0 aliphatic heterocycles. The van der Waals surface area contributed by atoms with Crippen LogP contribution in [0.3, 0.4) is 0 Å². The summed E-state index contributed by atoms with van der Waals surface area (Å²) in [6, 6.07) is 51.3. The van der Waals surface area contributed by atoms with Crippen molar-refractivity contribution in [1.29, 1.82) is 0 Å². The second kappa shape index (κ2) is 27.6. The van der Waals surface area contributed by atoms with Gasteiger partial charge in [0.25, 0.3) is 0 Å². The minimum Gasteiger partial charge on any atom is -0.201 e. The van der Waals surface area contributed by atoms with Crippen LogP contribution >= 0.6 is 0 Å². The molecule has 10 aromatic rings. The van der Waals surface area contributed by atoms with Crippen LogP contribution in [0.5, 0.6) is 0 Å². The molecule has 0 saturated carbocycles. The third-order valence-corrected chi connectivity index (χ3v) is 15.4. The Balaban J connectivity index is 0.000000172. The predicted octanol–water partition coefficient (Wildman–Crippen LogP) is 15.5. The lowest BCUT2D eigenvalue weighted by Gasteiger charge is -2.10. The number of aryl methyl sites for hydroxylation is 17. The molecule has 0 radical (unpaired) electrons. The largest absolute Gasteiger partial charge is 0.215 e. The van der Waals surface area contributed by atoms with Gasteiger partial charge in [-0.3, -0.25) is 0 Å². The minimum absolute atomic E-state index is 0.394. The summed E-state index contributed by atoms with van der Waals surface area (Å²) in [5.41, 5.74) is 29.2. The fourth-order valence-corrected chi connectivity index (χ4v) is 10.6. The highest BCUT2D eigenvalue weighted by Gasteiger charge is 2.19. The van der Waals surface area contributed by atoms with Crippen molar-refractivity contribution < 1.29 is 31.1 Å². The molecular weight excluding hydrogens is 971 g/mol. The number of hydrogen-bond acceptors (Lipinski definition) is 0. The van der Waals surface area contributed by atoms with Gasteiger partial charge >= 0.3 is 0 Å².